The third kappa shape index (κ3) is 1.30. The zero-order valence-electron chi connectivity index (χ0n) is 6.33. The van der Waals surface area contributed by atoms with Crippen LogP contribution in [0.15, 0.2) is 0 Å². The van der Waals surface area contributed by atoms with Gasteiger partial charge in [-0.3, -0.25) is 0 Å². The van der Waals surface area contributed by atoms with Crippen LogP contribution in [0.3, 0.4) is 0 Å². The molecule has 0 bridgehead atoms. The summed E-state index contributed by atoms with van der Waals surface area (Å²) in [6.07, 6.45) is 0. The normalized spacial score (nSPS) is 10.9. The number of hydrogen-bond donors (Lipinski definition) is 2. The van der Waals surface area contributed by atoms with E-state index >= 15 is 0 Å². The number of halogens is 4. The second-order valence-corrected chi connectivity index (χ2v) is 5.26. The number of nitrogens with one attached hydrogen (secondary N) is 2. The molecule has 0 aliphatic carbocycles. The van der Waals surface area contributed by atoms with Gasteiger partial charge in [0.1, 0.15) is 0 Å². The topological polar surface area (TPSA) is 31.6 Å². The Labute approximate surface area is 85.1 Å². The Balaban J connectivity index is 3.02. The van der Waals surface area contributed by atoms with E-state index in [-0.39, 0.29) is 9.78 Å². The van der Waals surface area contributed by atoms with E-state index in [2.05, 4.69) is 7.74 Å². The first-order chi connectivity index (χ1) is 6.63. The third-order valence-electron chi connectivity index (χ3n) is 1.56. The first kappa shape index (κ1) is 9.82. The van der Waals surface area contributed by atoms with Crippen LogP contribution in [0.4, 0.5) is 17.6 Å². The van der Waals surface area contributed by atoms with Crippen molar-refractivity contribution in [3.63, 3.8) is 0 Å². The van der Waals surface area contributed by atoms with Crippen LogP contribution >= 0.6 is 11.7 Å². The van der Waals surface area contributed by atoms with Crippen molar-refractivity contribution in [1.29, 1.82) is 0 Å². The molecule has 1 heterocycles. The average molecular weight is 289 g/mol. The monoisotopic (exact) mass is 290 g/mol. The minimum atomic E-state index is -1.79. The van der Waals surface area contributed by atoms with E-state index in [1.54, 1.807) is 0 Å². The number of rotatable bonds is 0. The van der Waals surface area contributed by atoms with Crippen LogP contribution < -0.4 is 0 Å². The maximum absolute atomic E-state index is 13.1. The molecule has 0 aliphatic rings. The molecule has 0 saturated heterocycles. The molecule has 0 aliphatic heterocycles. The van der Waals surface area contributed by atoms with Gasteiger partial charge >= 0.3 is 84.8 Å². The van der Waals surface area contributed by atoms with Crippen molar-refractivity contribution in [3.8, 4) is 0 Å². The molecule has 2 nitrogen and oxygen atoms in total. The standard InChI is InChI=1S/C6H2F4N2SSe/c7-1-2(8)4(10)6-5(3(1)9)11-13-12-14-6/h11-12H. The summed E-state index contributed by atoms with van der Waals surface area (Å²) in [7, 11) is 0. The van der Waals surface area contributed by atoms with E-state index in [0.29, 0.717) is 0 Å². The molecule has 0 fully saturated rings. The molecule has 0 atom stereocenters. The molecule has 0 unspecified atom stereocenters. The Morgan fingerprint density at radius 1 is 0.929 bits per heavy atom. The predicted molar refractivity (Wildman–Crippen MR) is 44.9 cm³/mol. The summed E-state index contributed by atoms with van der Waals surface area (Å²) in [6, 6.07) is 0. The van der Waals surface area contributed by atoms with Crippen LogP contribution in [-0.4, -0.2) is 22.5 Å². The molecule has 76 valence electrons. The summed E-state index contributed by atoms with van der Waals surface area (Å²) in [5, 5.41) is 0. The number of aromatic amines is 2. The molecule has 1 aromatic carbocycles. The van der Waals surface area contributed by atoms with Crippen molar-refractivity contribution in [3.05, 3.63) is 23.3 Å². The van der Waals surface area contributed by atoms with Crippen molar-refractivity contribution in [1.82, 2.24) is 7.74 Å². The Morgan fingerprint density at radius 3 is 2.29 bits per heavy atom. The SMILES string of the molecule is Fc1c(F)c(F)c2[se][nH]s[nH]c2c1F. The van der Waals surface area contributed by atoms with Gasteiger partial charge in [0.2, 0.25) is 0 Å². The average Bonchev–Trinajstić information content (AvgIpc) is 2.23. The van der Waals surface area contributed by atoms with Gasteiger partial charge < -0.3 is 0 Å². The predicted octanol–water partition coefficient (Wildman–Crippen LogP) is 2.30. The number of aromatic nitrogens is 2. The molecule has 0 saturated carbocycles. The molecule has 0 radical (unpaired) electrons. The van der Waals surface area contributed by atoms with E-state index < -0.39 is 38.0 Å². The molecule has 0 amide bonds. The van der Waals surface area contributed by atoms with E-state index in [1.165, 1.54) is 0 Å². The van der Waals surface area contributed by atoms with Crippen LogP contribution in [0.2, 0.25) is 0 Å². The van der Waals surface area contributed by atoms with Crippen molar-refractivity contribution < 1.29 is 17.6 Å². The van der Waals surface area contributed by atoms with Gasteiger partial charge in [-0.05, 0) is 0 Å². The van der Waals surface area contributed by atoms with Crippen molar-refractivity contribution in [2.75, 3.05) is 0 Å². The fourth-order valence-electron chi connectivity index (χ4n) is 0.933. The molecule has 0 spiro atoms. The number of fused-ring (bicyclic) bond motifs is 1. The Bertz CT molecular complexity index is 474. The second-order valence-electron chi connectivity index (χ2n) is 2.35. The molecule has 2 rings (SSSR count). The molecular weight excluding hydrogens is 287 g/mol. The summed E-state index contributed by atoms with van der Waals surface area (Å²) in [4.78, 5) is 0. The summed E-state index contributed by atoms with van der Waals surface area (Å²) < 4.78 is 56.4. The van der Waals surface area contributed by atoms with Crippen LogP contribution in [0.25, 0.3) is 9.78 Å². The van der Waals surface area contributed by atoms with Gasteiger partial charge in [-0.25, -0.2) is 0 Å². The van der Waals surface area contributed by atoms with Crippen LogP contribution in [0, 0.1) is 23.3 Å². The molecule has 2 N–H and O–H groups in total. The van der Waals surface area contributed by atoms with Crippen molar-refractivity contribution >= 4 is 36.2 Å². The van der Waals surface area contributed by atoms with Gasteiger partial charge in [-0.1, -0.05) is 0 Å². The Kier molecular flexibility index (Phi) is 2.42. The third-order valence-corrected chi connectivity index (χ3v) is 4.32. The molecular formula is C6H2F4N2SSe. The zero-order chi connectivity index (χ0) is 10.3. The summed E-state index contributed by atoms with van der Waals surface area (Å²) in [5.41, 5.74) is -0.315. The van der Waals surface area contributed by atoms with Gasteiger partial charge in [-0.2, -0.15) is 0 Å². The maximum atomic E-state index is 13.1. The van der Waals surface area contributed by atoms with Gasteiger partial charge in [0.15, 0.2) is 0 Å². The second kappa shape index (κ2) is 3.45. The van der Waals surface area contributed by atoms with E-state index in [1.807, 2.05) is 0 Å². The zero-order valence-corrected chi connectivity index (χ0v) is 8.86. The Hall–Kier alpha value is -0.721. The first-order valence-corrected chi connectivity index (χ1v) is 5.85. The molecule has 1 aromatic heterocycles. The summed E-state index contributed by atoms with van der Waals surface area (Å²) >= 11 is 0.287. The fraction of sp³-hybridized carbons (Fsp3) is 0. The number of hydrogen-bond acceptors (Lipinski definition) is 1. The van der Waals surface area contributed by atoms with Gasteiger partial charge in [-0.15, -0.1) is 0 Å². The summed E-state index contributed by atoms with van der Waals surface area (Å²) in [6.45, 7) is 0. The molecule has 14 heavy (non-hydrogen) atoms. The van der Waals surface area contributed by atoms with E-state index in [4.69, 9.17) is 0 Å². The first-order valence-electron chi connectivity index (χ1n) is 3.32. The van der Waals surface area contributed by atoms with E-state index in [9.17, 15) is 17.6 Å². The molecule has 2 aromatic rings. The van der Waals surface area contributed by atoms with Gasteiger partial charge in [0.05, 0.1) is 0 Å². The quantitative estimate of drug-likeness (QED) is 0.323. The van der Waals surface area contributed by atoms with Crippen LogP contribution in [-0.2, 0) is 0 Å². The number of H-pyrrole nitrogens is 2. The van der Waals surface area contributed by atoms with Gasteiger partial charge in [0, 0.05) is 0 Å². The minimum absolute atomic E-state index is 0.173. The van der Waals surface area contributed by atoms with Crippen molar-refractivity contribution in [2.24, 2.45) is 0 Å². The van der Waals surface area contributed by atoms with Gasteiger partial charge in [0.25, 0.3) is 0 Å². The van der Waals surface area contributed by atoms with Crippen LogP contribution in [0.1, 0.15) is 0 Å². The number of benzene rings is 1. The summed E-state index contributed by atoms with van der Waals surface area (Å²) in [5.74, 6) is -6.26. The van der Waals surface area contributed by atoms with E-state index in [0.717, 1.165) is 11.7 Å². The van der Waals surface area contributed by atoms with Crippen LogP contribution in [0.5, 0.6) is 0 Å². The Morgan fingerprint density at radius 2 is 1.57 bits per heavy atom. The fourth-order valence-corrected chi connectivity index (χ4v) is 3.47. The van der Waals surface area contributed by atoms with Crippen molar-refractivity contribution in [2.45, 2.75) is 0 Å². The molecule has 8 heteroatoms.